The third kappa shape index (κ3) is 3.64. The zero-order valence-electron chi connectivity index (χ0n) is 15.1. The van der Waals surface area contributed by atoms with Crippen LogP contribution in [0.2, 0.25) is 5.02 Å². The number of primary amides is 1. The first-order valence-corrected chi connectivity index (χ1v) is 8.85. The third-order valence-electron chi connectivity index (χ3n) is 4.77. The van der Waals surface area contributed by atoms with Gasteiger partial charge >= 0.3 is 12.1 Å². The minimum Gasteiger partial charge on any atom is -0.496 e. The Morgan fingerprint density at radius 1 is 1.21 bits per heavy atom. The molecule has 29 heavy (non-hydrogen) atoms. The molecule has 1 aliphatic heterocycles. The number of hydrogen-bond acceptors (Lipinski definition) is 3. The van der Waals surface area contributed by atoms with Crippen molar-refractivity contribution in [1.82, 2.24) is 5.32 Å². The maximum Gasteiger partial charge on any atom is 0.458 e. The molecule has 0 bridgehead atoms. The van der Waals surface area contributed by atoms with Crippen LogP contribution in [-0.2, 0) is 18.9 Å². The van der Waals surface area contributed by atoms with Crippen molar-refractivity contribution >= 4 is 17.5 Å². The molecule has 0 atom stereocenters. The normalized spacial score (nSPS) is 14.4. The summed E-state index contributed by atoms with van der Waals surface area (Å²) in [5, 5.41) is 3.28. The van der Waals surface area contributed by atoms with Crippen molar-refractivity contribution in [2.45, 2.75) is 25.1 Å². The monoisotopic (exact) mass is 434 g/mol. The molecule has 1 aliphatic rings. The second-order valence-corrected chi connectivity index (χ2v) is 6.93. The number of ether oxygens (including phenoxy) is 1. The van der Waals surface area contributed by atoms with E-state index in [0.717, 1.165) is 24.8 Å². The van der Waals surface area contributed by atoms with Crippen molar-refractivity contribution in [3.05, 3.63) is 51.5 Å². The lowest BCUT2D eigenvalue weighted by Gasteiger charge is -2.27. The molecule has 10 heteroatoms. The Hall–Kier alpha value is -2.39. The van der Waals surface area contributed by atoms with Gasteiger partial charge in [0.05, 0.1) is 12.7 Å². The van der Waals surface area contributed by atoms with Gasteiger partial charge in [0.15, 0.2) is 0 Å². The van der Waals surface area contributed by atoms with Gasteiger partial charge in [0.25, 0.3) is 0 Å². The first-order valence-electron chi connectivity index (χ1n) is 8.47. The molecule has 0 saturated carbocycles. The summed E-state index contributed by atoms with van der Waals surface area (Å²) in [4.78, 5) is 11.9. The minimum atomic E-state index is -5.93. The summed E-state index contributed by atoms with van der Waals surface area (Å²) in [6, 6.07) is 4.62. The molecule has 0 unspecified atom stereocenters. The maximum atomic E-state index is 14.5. The van der Waals surface area contributed by atoms with Crippen LogP contribution < -0.4 is 15.8 Å². The number of fused-ring (bicyclic) bond motifs is 1. The molecule has 0 saturated heterocycles. The molecule has 4 nitrogen and oxygen atoms in total. The number of carbonyl (C=O) groups excluding carboxylic acids is 1. The number of nitrogens with two attached hydrogens (primary N) is 1. The molecule has 0 aromatic heterocycles. The van der Waals surface area contributed by atoms with E-state index in [2.05, 4.69) is 5.32 Å². The van der Waals surface area contributed by atoms with Gasteiger partial charge in [-0.2, -0.15) is 22.0 Å². The van der Waals surface area contributed by atoms with Crippen LogP contribution in [0.25, 0.3) is 11.1 Å². The van der Waals surface area contributed by atoms with Crippen molar-refractivity contribution in [2.75, 3.05) is 13.7 Å². The van der Waals surface area contributed by atoms with E-state index in [1.165, 1.54) is 12.1 Å². The van der Waals surface area contributed by atoms with Crippen LogP contribution in [0.3, 0.4) is 0 Å². The first-order chi connectivity index (χ1) is 13.5. The van der Waals surface area contributed by atoms with Crippen LogP contribution >= 0.6 is 11.6 Å². The fourth-order valence-corrected chi connectivity index (χ4v) is 3.76. The van der Waals surface area contributed by atoms with Crippen molar-refractivity contribution < 1.29 is 31.5 Å². The van der Waals surface area contributed by atoms with E-state index in [9.17, 15) is 26.7 Å². The summed E-state index contributed by atoms with van der Waals surface area (Å²) < 4.78 is 73.6. The van der Waals surface area contributed by atoms with Crippen LogP contribution in [0.5, 0.6) is 5.75 Å². The summed E-state index contributed by atoms with van der Waals surface area (Å²) in [7, 11) is 0.961. The lowest BCUT2D eigenvalue weighted by atomic mass is 9.87. The summed E-state index contributed by atoms with van der Waals surface area (Å²) in [6.45, 7) is 0.999. The Kier molecular flexibility index (Phi) is 5.48. The fraction of sp³-hybridized carbons (Fsp3) is 0.316. The van der Waals surface area contributed by atoms with Gasteiger partial charge < -0.3 is 15.8 Å². The quantitative estimate of drug-likeness (QED) is 0.700. The molecule has 3 N–H and O–H groups in total. The van der Waals surface area contributed by atoms with E-state index >= 15 is 0 Å². The van der Waals surface area contributed by atoms with Gasteiger partial charge in [0, 0.05) is 22.7 Å². The molecule has 0 fully saturated rings. The molecule has 3 rings (SSSR count). The zero-order valence-corrected chi connectivity index (χ0v) is 15.8. The van der Waals surface area contributed by atoms with Crippen molar-refractivity contribution in [2.24, 2.45) is 5.73 Å². The fourth-order valence-electron chi connectivity index (χ4n) is 3.42. The number of halogens is 6. The van der Waals surface area contributed by atoms with Crippen molar-refractivity contribution in [3.63, 3.8) is 0 Å². The Labute approximate surface area is 167 Å². The highest BCUT2D eigenvalue weighted by atomic mass is 35.5. The van der Waals surface area contributed by atoms with E-state index < -0.39 is 40.4 Å². The Balaban J connectivity index is 2.41. The summed E-state index contributed by atoms with van der Waals surface area (Å²) in [5.74, 6) is -7.19. The number of hydrogen-bond donors (Lipinski definition) is 2. The lowest BCUT2D eigenvalue weighted by molar-refractivity contribution is -0.289. The number of alkyl halides is 5. The topological polar surface area (TPSA) is 64.3 Å². The van der Waals surface area contributed by atoms with Crippen LogP contribution in [0.1, 0.15) is 27.0 Å². The zero-order chi connectivity index (χ0) is 21.6. The van der Waals surface area contributed by atoms with Gasteiger partial charge in [-0.25, -0.2) is 0 Å². The first kappa shape index (κ1) is 21.3. The van der Waals surface area contributed by atoms with Gasteiger partial charge in [0.2, 0.25) is 5.91 Å². The SMILES string of the molecule is COc1ccc(C(N)=O)c(-c2cc(Cl)c3c(c2)CNCC3)c1C(F)(F)C(F)(F)F. The van der Waals surface area contributed by atoms with Gasteiger partial charge in [-0.15, -0.1) is 0 Å². The molecule has 0 radical (unpaired) electrons. The Morgan fingerprint density at radius 2 is 1.90 bits per heavy atom. The largest absolute Gasteiger partial charge is 0.496 e. The number of carbonyl (C=O) groups is 1. The van der Waals surface area contributed by atoms with Crippen molar-refractivity contribution in [1.29, 1.82) is 0 Å². The molecule has 0 spiro atoms. The number of rotatable bonds is 4. The number of nitrogens with one attached hydrogen (secondary N) is 1. The van der Waals surface area contributed by atoms with E-state index in [1.54, 1.807) is 0 Å². The molecular weight excluding hydrogens is 419 g/mol. The number of benzene rings is 2. The van der Waals surface area contributed by atoms with E-state index in [4.69, 9.17) is 22.1 Å². The summed E-state index contributed by atoms with van der Waals surface area (Å²) in [6.07, 6.45) is -5.36. The predicted octanol–water partition coefficient (Wildman–Crippen LogP) is 4.41. The lowest BCUT2D eigenvalue weighted by Crippen LogP contribution is -2.35. The molecular formula is C19H16ClF5N2O2. The maximum absolute atomic E-state index is 14.5. The van der Waals surface area contributed by atoms with Crippen molar-refractivity contribution in [3.8, 4) is 16.9 Å². The highest BCUT2D eigenvalue weighted by Crippen LogP contribution is 2.52. The molecule has 1 amide bonds. The van der Waals surface area contributed by atoms with Gasteiger partial charge in [-0.1, -0.05) is 11.6 Å². The average Bonchev–Trinajstić information content (AvgIpc) is 2.65. The van der Waals surface area contributed by atoms with Crippen LogP contribution in [-0.4, -0.2) is 25.7 Å². The van der Waals surface area contributed by atoms with E-state index in [1.807, 2.05) is 0 Å². The highest BCUT2D eigenvalue weighted by molar-refractivity contribution is 6.31. The molecule has 2 aromatic carbocycles. The summed E-state index contributed by atoms with van der Waals surface area (Å²) in [5.41, 5.74) is 3.98. The van der Waals surface area contributed by atoms with Gasteiger partial charge in [-0.05, 0) is 53.9 Å². The molecule has 156 valence electrons. The average molecular weight is 435 g/mol. The van der Waals surface area contributed by atoms with E-state index in [-0.39, 0.29) is 10.6 Å². The molecule has 1 heterocycles. The Bertz CT molecular complexity index is 976. The third-order valence-corrected chi connectivity index (χ3v) is 5.10. The van der Waals surface area contributed by atoms with Crippen LogP contribution in [0.4, 0.5) is 22.0 Å². The second-order valence-electron chi connectivity index (χ2n) is 6.52. The highest BCUT2D eigenvalue weighted by Gasteiger charge is 2.61. The standard InChI is InChI=1S/C19H16ClF5N2O2/c1-29-14-3-2-12(17(26)28)15(16(14)18(21,22)19(23,24)25)9-6-10-8-27-5-4-11(10)13(20)7-9/h2-3,6-7,27H,4-5,8H2,1H3,(H2,26,28). The smallest absolute Gasteiger partial charge is 0.458 e. The van der Waals surface area contributed by atoms with Crippen LogP contribution in [0, 0.1) is 0 Å². The van der Waals surface area contributed by atoms with E-state index in [0.29, 0.717) is 25.1 Å². The minimum absolute atomic E-state index is 0.0796. The second kappa shape index (κ2) is 7.46. The summed E-state index contributed by atoms with van der Waals surface area (Å²) >= 11 is 6.27. The number of methoxy groups -OCH3 is 1. The molecule has 2 aromatic rings. The Morgan fingerprint density at radius 3 is 2.48 bits per heavy atom. The molecule has 0 aliphatic carbocycles. The van der Waals surface area contributed by atoms with Gasteiger partial charge in [0.1, 0.15) is 5.75 Å². The van der Waals surface area contributed by atoms with Gasteiger partial charge in [-0.3, -0.25) is 4.79 Å². The van der Waals surface area contributed by atoms with Crippen LogP contribution in [0.15, 0.2) is 24.3 Å². The predicted molar refractivity (Wildman–Crippen MR) is 97.3 cm³/mol. The number of amides is 1.